The summed E-state index contributed by atoms with van der Waals surface area (Å²) in [6, 6.07) is 15.8. The topological polar surface area (TPSA) is 20.3 Å². The number of para-hydroxylation sites is 1. The summed E-state index contributed by atoms with van der Waals surface area (Å²) in [5.41, 5.74) is 4.10. The number of benzene rings is 2. The maximum atomic E-state index is 12.8. The van der Waals surface area contributed by atoms with Gasteiger partial charge >= 0.3 is 0 Å². The predicted octanol–water partition coefficient (Wildman–Crippen LogP) is 4.75. The highest BCUT2D eigenvalue weighted by Gasteiger charge is 2.17. The fraction of sp³-hybridized carbons (Fsp3) is 0.316. The van der Waals surface area contributed by atoms with E-state index in [-0.39, 0.29) is 5.91 Å². The molecule has 0 bridgehead atoms. The molecule has 0 N–H and O–H groups in total. The van der Waals surface area contributed by atoms with Gasteiger partial charge in [0, 0.05) is 17.8 Å². The molecular weight excluding hydrogens is 258 g/mol. The quantitative estimate of drug-likeness (QED) is 0.774. The third kappa shape index (κ3) is 3.72. The molecule has 0 atom stereocenters. The highest BCUT2D eigenvalue weighted by atomic mass is 16.2. The van der Waals surface area contributed by atoms with Crippen LogP contribution in [0.4, 0.5) is 5.69 Å². The van der Waals surface area contributed by atoms with E-state index in [4.69, 9.17) is 0 Å². The van der Waals surface area contributed by atoms with Gasteiger partial charge in [0.2, 0.25) is 0 Å². The Kier molecular flexibility index (Phi) is 5.15. The second kappa shape index (κ2) is 7.07. The summed E-state index contributed by atoms with van der Waals surface area (Å²) >= 11 is 0. The van der Waals surface area contributed by atoms with Crippen LogP contribution in [0.1, 0.15) is 41.3 Å². The molecule has 0 unspecified atom stereocenters. The molecule has 2 aromatic rings. The van der Waals surface area contributed by atoms with Crippen molar-refractivity contribution in [2.24, 2.45) is 0 Å². The summed E-state index contributed by atoms with van der Waals surface area (Å²) in [7, 11) is 0. The Morgan fingerprint density at radius 1 is 1.00 bits per heavy atom. The first kappa shape index (κ1) is 15.3. The lowest BCUT2D eigenvalue weighted by atomic mass is 10.1. The molecule has 0 aromatic heterocycles. The number of hydrogen-bond acceptors (Lipinski definition) is 1. The van der Waals surface area contributed by atoms with Crippen LogP contribution in [-0.2, 0) is 0 Å². The predicted molar refractivity (Wildman–Crippen MR) is 88.9 cm³/mol. The number of aryl methyl sites for hydroxylation is 2. The average Bonchev–Trinajstić information content (AvgIpc) is 2.51. The molecule has 1 amide bonds. The van der Waals surface area contributed by atoms with Crippen LogP contribution >= 0.6 is 0 Å². The molecule has 0 radical (unpaired) electrons. The van der Waals surface area contributed by atoms with E-state index >= 15 is 0 Å². The summed E-state index contributed by atoms with van der Waals surface area (Å²) in [4.78, 5) is 14.7. The van der Waals surface area contributed by atoms with Crippen molar-refractivity contribution < 1.29 is 4.79 Å². The zero-order valence-corrected chi connectivity index (χ0v) is 13.1. The van der Waals surface area contributed by atoms with Gasteiger partial charge < -0.3 is 4.90 Å². The van der Waals surface area contributed by atoms with E-state index in [0.717, 1.165) is 36.2 Å². The molecule has 0 saturated carbocycles. The van der Waals surface area contributed by atoms with Crippen molar-refractivity contribution in [2.75, 3.05) is 11.4 Å². The van der Waals surface area contributed by atoms with Gasteiger partial charge in [0.05, 0.1) is 0 Å². The van der Waals surface area contributed by atoms with Crippen molar-refractivity contribution in [3.8, 4) is 0 Å². The van der Waals surface area contributed by atoms with Crippen LogP contribution in [0.2, 0.25) is 0 Å². The molecule has 0 aliphatic rings. The molecule has 0 spiro atoms. The third-order valence-corrected chi connectivity index (χ3v) is 3.80. The van der Waals surface area contributed by atoms with Gasteiger partial charge in [-0.3, -0.25) is 4.79 Å². The smallest absolute Gasteiger partial charge is 0.258 e. The molecule has 0 fully saturated rings. The third-order valence-electron chi connectivity index (χ3n) is 3.80. The number of carbonyl (C=O) groups excluding carboxylic acids is 1. The molecule has 110 valence electrons. The maximum absolute atomic E-state index is 12.8. The highest BCUT2D eigenvalue weighted by molar-refractivity contribution is 6.06. The van der Waals surface area contributed by atoms with Crippen LogP contribution in [-0.4, -0.2) is 12.5 Å². The number of amides is 1. The van der Waals surface area contributed by atoms with Crippen molar-refractivity contribution in [3.05, 3.63) is 65.2 Å². The van der Waals surface area contributed by atoms with Crippen molar-refractivity contribution >= 4 is 11.6 Å². The number of hydrogen-bond donors (Lipinski definition) is 0. The molecular formula is C19H23NO. The zero-order valence-electron chi connectivity index (χ0n) is 13.1. The van der Waals surface area contributed by atoms with Crippen molar-refractivity contribution in [1.29, 1.82) is 0 Å². The minimum absolute atomic E-state index is 0.0813. The molecule has 2 aromatic carbocycles. The first-order chi connectivity index (χ1) is 10.1. The van der Waals surface area contributed by atoms with Crippen LogP contribution in [0.25, 0.3) is 0 Å². The lowest BCUT2D eigenvalue weighted by Crippen LogP contribution is -2.31. The van der Waals surface area contributed by atoms with Crippen LogP contribution in [0.15, 0.2) is 48.5 Å². The molecule has 0 aliphatic heterocycles. The number of carbonyl (C=O) groups is 1. The summed E-state index contributed by atoms with van der Waals surface area (Å²) in [5, 5.41) is 0. The molecule has 0 saturated heterocycles. The van der Waals surface area contributed by atoms with E-state index in [1.54, 1.807) is 0 Å². The summed E-state index contributed by atoms with van der Waals surface area (Å²) < 4.78 is 0. The van der Waals surface area contributed by atoms with Gasteiger partial charge in [0.1, 0.15) is 0 Å². The maximum Gasteiger partial charge on any atom is 0.258 e. The number of nitrogens with zero attached hydrogens (tertiary/aromatic N) is 1. The Morgan fingerprint density at radius 3 is 2.33 bits per heavy atom. The van der Waals surface area contributed by atoms with E-state index < -0.39 is 0 Å². The lowest BCUT2D eigenvalue weighted by Gasteiger charge is -2.23. The number of anilines is 1. The molecule has 2 heteroatoms. The van der Waals surface area contributed by atoms with Crippen molar-refractivity contribution in [3.63, 3.8) is 0 Å². The average molecular weight is 281 g/mol. The Bertz CT molecular complexity index is 604. The second-order valence-corrected chi connectivity index (χ2v) is 5.44. The van der Waals surface area contributed by atoms with Crippen LogP contribution in [0, 0.1) is 13.8 Å². The van der Waals surface area contributed by atoms with Gasteiger partial charge in [-0.1, -0.05) is 37.6 Å². The van der Waals surface area contributed by atoms with Gasteiger partial charge in [0.25, 0.3) is 5.91 Å². The first-order valence-electron chi connectivity index (χ1n) is 7.57. The van der Waals surface area contributed by atoms with Gasteiger partial charge in [-0.05, 0) is 55.7 Å². The standard InChI is InChI=1S/C19H23NO/c1-4-5-13-20(18-9-7-6-8-10-18)19(21)17-12-11-15(2)16(3)14-17/h6-12,14H,4-5,13H2,1-3H3. The largest absolute Gasteiger partial charge is 0.308 e. The molecule has 0 aliphatic carbocycles. The van der Waals surface area contributed by atoms with Crippen LogP contribution < -0.4 is 4.90 Å². The second-order valence-electron chi connectivity index (χ2n) is 5.44. The Labute approximate surface area is 127 Å². The normalized spacial score (nSPS) is 10.4. The lowest BCUT2D eigenvalue weighted by molar-refractivity contribution is 0.0986. The number of rotatable bonds is 5. The van der Waals surface area contributed by atoms with Gasteiger partial charge in [-0.15, -0.1) is 0 Å². The fourth-order valence-corrected chi connectivity index (χ4v) is 2.30. The molecule has 0 heterocycles. The van der Waals surface area contributed by atoms with Crippen molar-refractivity contribution in [1.82, 2.24) is 0 Å². The Morgan fingerprint density at radius 2 is 1.71 bits per heavy atom. The van der Waals surface area contributed by atoms with E-state index in [2.05, 4.69) is 13.8 Å². The van der Waals surface area contributed by atoms with E-state index in [0.29, 0.717) is 0 Å². The van der Waals surface area contributed by atoms with E-state index in [1.165, 1.54) is 5.56 Å². The highest BCUT2D eigenvalue weighted by Crippen LogP contribution is 2.19. The van der Waals surface area contributed by atoms with Crippen LogP contribution in [0.3, 0.4) is 0 Å². The van der Waals surface area contributed by atoms with Crippen LogP contribution in [0.5, 0.6) is 0 Å². The fourth-order valence-electron chi connectivity index (χ4n) is 2.30. The SMILES string of the molecule is CCCCN(C(=O)c1ccc(C)c(C)c1)c1ccccc1. The Hall–Kier alpha value is -2.09. The first-order valence-corrected chi connectivity index (χ1v) is 7.57. The minimum atomic E-state index is 0.0813. The van der Waals surface area contributed by atoms with Crippen molar-refractivity contribution in [2.45, 2.75) is 33.6 Å². The van der Waals surface area contributed by atoms with E-state index in [9.17, 15) is 4.79 Å². The summed E-state index contributed by atoms with van der Waals surface area (Å²) in [6.07, 6.45) is 2.08. The number of unbranched alkanes of at least 4 members (excludes halogenated alkanes) is 1. The molecule has 21 heavy (non-hydrogen) atoms. The van der Waals surface area contributed by atoms with E-state index in [1.807, 2.05) is 60.4 Å². The monoisotopic (exact) mass is 281 g/mol. The zero-order chi connectivity index (χ0) is 15.2. The minimum Gasteiger partial charge on any atom is -0.308 e. The summed E-state index contributed by atoms with van der Waals surface area (Å²) in [6.45, 7) is 7.01. The summed E-state index contributed by atoms with van der Waals surface area (Å²) in [5.74, 6) is 0.0813. The molecule has 2 nitrogen and oxygen atoms in total. The van der Waals surface area contributed by atoms with Gasteiger partial charge in [-0.2, -0.15) is 0 Å². The van der Waals surface area contributed by atoms with Gasteiger partial charge in [0.15, 0.2) is 0 Å². The van der Waals surface area contributed by atoms with Gasteiger partial charge in [-0.25, -0.2) is 0 Å². The Balaban J connectivity index is 2.31. The molecule has 2 rings (SSSR count).